The summed E-state index contributed by atoms with van der Waals surface area (Å²) < 4.78 is 41.3. The van der Waals surface area contributed by atoms with E-state index in [2.05, 4.69) is 9.82 Å². The van der Waals surface area contributed by atoms with Crippen LogP contribution in [-0.4, -0.2) is 24.0 Å². The van der Waals surface area contributed by atoms with Crippen LogP contribution < -0.4 is 10.5 Å². The Morgan fingerprint density at radius 2 is 2.20 bits per heavy atom. The molecule has 2 aromatic rings. The van der Waals surface area contributed by atoms with Gasteiger partial charge in [-0.1, -0.05) is 6.07 Å². The maximum absolute atomic E-state index is 13.6. The molecule has 0 radical (unpaired) electrons. The zero-order valence-electron chi connectivity index (χ0n) is 10.5. The van der Waals surface area contributed by atoms with E-state index in [0.717, 1.165) is 12.3 Å². The summed E-state index contributed by atoms with van der Waals surface area (Å²) in [5.74, 6) is -1.34. The molecule has 0 aliphatic heterocycles. The topological polar surface area (TPSA) is 114 Å². The van der Waals surface area contributed by atoms with Gasteiger partial charge in [0.05, 0.1) is 17.4 Å². The van der Waals surface area contributed by atoms with Gasteiger partial charge in [-0.15, -0.1) is 0 Å². The Balaban J connectivity index is 2.45. The highest BCUT2D eigenvalue weighted by Gasteiger charge is 2.20. The summed E-state index contributed by atoms with van der Waals surface area (Å²) in [4.78, 5) is -0.0706. The highest BCUT2D eigenvalue weighted by atomic mass is 32.2. The maximum Gasteiger partial charge on any atom is 0.265 e. The number of rotatable bonds is 4. The molecular weight excluding hydrogens is 285 g/mol. The van der Waals surface area contributed by atoms with Crippen molar-refractivity contribution in [3.8, 4) is 0 Å². The zero-order chi connectivity index (χ0) is 14.9. The van der Waals surface area contributed by atoms with Crippen LogP contribution in [0.1, 0.15) is 5.56 Å². The van der Waals surface area contributed by atoms with Crippen LogP contribution in [-0.2, 0) is 17.1 Å². The molecule has 0 unspecified atom stereocenters. The van der Waals surface area contributed by atoms with Gasteiger partial charge in [-0.2, -0.15) is 5.10 Å². The minimum atomic E-state index is -3.92. The standard InChI is InChI=1S/C11H12FN5O2S/c1-17-6-7(5-15-17)20(18,19)16-9-4-2-3-8(12)10(9)11(13)14/h2-6,16H,1H3,(H3,13,14). The molecular formula is C11H12FN5O2S. The van der Waals surface area contributed by atoms with E-state index in [4.69, 9.17) is 11.1 Å². The van der Waals surface area contributed by atoms with Crippen molar-refractivity contribution in [2.75, 3.05) is 4.72 Å². The number of anilines is 1. The first-order valence-corrected chi connectivity index (χ1v) is 6.94. The first-order chi connectivity index (χ1) is 9.31. The molecule has 0 spiro atoms. The lowest BCUT2D eigenvalue weighted by atomic mass is 10.1. The first kappa shape index (κ1) is 14.0. The lowest BCUT2D eigenvalue weighted by Gasteiger charge is -2.11. The molecule has 106 valence electrons. The van der Waals surface area contributed by atoms with E-state index in [0.29, 0.717) is 0 Å². The molecule has 7 nitrogen and oxygen atoms in total. The fourth-order valence-corrected chi connectivity index (χ4v) is 2.68. The molecule has 0 saturated heterocycles. The van der Waals surface area contributed by atoms with Crippen molar-refractivity contribution in [2.45, 2.75) is 4.90 Å². The fraction of sp³-hybridized carbons (Fsp3) is 0.0909. The van der Waals surface area contributed by atoms with Crippen LogP contribution in [0.4, 0.5) is 10.1 Å². The largest absolute Gasteiger partial charge is 0.384 e. The van der Waals surface area contributed by atoms with Crippen molar-refractivity contribution < 1.29 is 12.8 Å². The van der Waals surface area contributed by atoms with Gasteiger partial charge in [0.2, 0.25) is 0 Å². The Labute approximate surface area is 114 Å². The normalized spacial score (nSPS) is 11.3. The van der Waals surface area contributed by atoms with Crippen molar-refractivity contribution >= 4 is 21.5 Å². The van der Waals surface area contributed by atoms with Gasteiger partial charge in [0.15, 0.2) is 0 Å². The number of hydrogen-bond donors (Lipinski definition) is 3. The van der Waals surface area contributed by atoms with Crippen molar-refractivity contribution in [1.82, 2.24) is 9.78 Å². The Morgan fingerprint density at radius 1 is 1.50 bits per heavy atom. The van der Waals surface area contributed by atoms with Gasteiger partial charge in [-0.3, -0.25) is 14.8 Å². The molecule has 0 atom stereocenters. The highest BCUT2D eigenvalue weighted by molar-refractivity contribution is 7.92. The van der Waals surface area contributed by atoms with Crippen LogP contribution >= 0.6 is 0 Å². The number of sulfonamides is 1. The van der Waals surface area contributed by atoms with E-state index >= 15 is 0 Å². The molecule has 9 heteroatoms. The Morgan fingerprint density at radius 3 is 2.75 bits per heavy atom. The lowest BCUT2D eigenvalue weighted by Crippen LogP contribution is -2.19. The first-order valence-electron chi connectivity index (χ1n) is 5.45. The van der Waals surface area contributed by atoms with Gasteiger partial charge in [0, 0.05) is 13.2 Å². The molecule has 0 aliphatic rings. The highest BCUT2D eigenvalue weighted by Crippen LogP contribution is 2.21. The summed E-state index contributed by atoms with van der Waals surface area (Å²) in [7, 11) is -2.35. The number of nitrogens with zero attached hydrogens (tertiary/aromatic N) is 2. The summed E-state index contributed by atoms with van der Waals surface area (Å²) in [5, 5.41) is 11.1. The molecule has 20 heavy (non-hydrogen) atoms. The van der Waals surface area contributed by atoms with Gasteiger partial charge in [0.25, 0.3) is 10.0 Å². The average Bonchev–Trinajstić information content (AvgIpc) is 2.75. The fourth-order valence-electron chi connectivity index (χ4n) is 1.62. The third kappa shape index (κ3) is 2.62. The number of aryl methyl sites for hydroxylation is 1. The molecule has 1 heterocycles. The van der Waals surface area contributed by atoms with Crippen molar-refractivity contribution in [2.24, 2.45) is 12.8 Å². The summed E-state index contributed by atoms with van der Waals surface area (Å²) in [5.41, 5.74) is 4.88. The molecule has 4 N–H and O–H groups in total. The number of hydrogen-bond acceptors (Lipinski definition) is 4. The summed E-state index contributed by atoms with van der Waals surface area (Å²) in [6.45, 7) is 0. The molecule has 0 aliphatic carbocycles. The number of nitrogens with two attached hydrogens (primary N) is 1. The van der Waals surface area contributed by atoms with Crippen molar-refractivity contribution in [3.05, 3.63) is 42.0 Å². The lowest BCUT2D eigenvalue weighted by molar-refractivity contribution is 0.601. The number of amidine groups is 1. The predicted molar refractivity (Wildman–Crippen MR) is 71.4 cm³/mol. The monoisotopic (exact) mass is 297 g/mol. The van der Waals surface area contributed by atoms with Crippen LogP contribution in [0.5, 0.6) is 0 Å². The van der Waals surface area contributed by atoms with Gasteiger partial charge in [0.1, 0.15) is 16.5 Å². The van der Waals surface area contributed by atoms with E-state index in [1.807, 2.05) is 0 Å². The van der Waals surface area contributed by atoms with E-state index in [1.165, 1.54) is 23.0 Å². The number of aromatic nitrogens is 2. The Kier molecular flexibility index (Phi) is 3.45. The number of benzene rings is 1. The minimum absolute atomic E-state index is 0.0706. The number of nitrogen functional groups attached to an aromatic ring is 1. The summed E-state index contributed by atoms with van der Waals surface area (Å²) in [6, 6.07) is 3.75. The van der Waals surface area contributed by atoms with Gasteiger partial charge < -0.3 is 5.73 Å². The van der Waals surface area contributed by atoms with Crippen LogP contribution in [0.2, 0.25) is 0 Å². The second-order valence-corrected chi connectivity index (χ2v) is 5.71. The molecule has 0 saturated carbocycles. The number of halogens is 1. The van der Waals surface area contributed by atoms with Crippen molar-refractivity contribution in [1.29, 1.82) is 5.41 Å². The third-order valence-corrected chi connectivity index (χ3v) is 3.84. The van der Waals surface area contributed by atoms with Crippen LogP contribution in [0.15, 0.2) is 35.5 Å². The minimum Gasteiger partial charge on any atom is -0.384 e. The van der Waals surface area contributed by atoms with Crippen LogP contribution in [0.25, 0.3) is 0 Å². The summed E-state index contributed by atoms with van der Waals surface area (Å²) >= 11 is 0. The smallest absolute Gasteiger partial charge is 0.265 e. The maximum atomic E-state index is 13.6. The second-order valence-electron chi connectivity index (χ2n) is 4.03. The zero-order valence-corrected chi connectivity index (χ0v) is 11.3. The van der Waals surface area contributed by atoms with E-state index in [1.54, 1.807) is 7.05 Å². The van der Waals surface area contributed by atoms with E-state index in [9.17, 15) is 12.8 Å². The van der Waals surface area contributed by atoms with Crippen molar-refractivity contribution in [3.63, 3.8) is 0 Å². The Bertz CT molecular complexity index is 769. The van der Waals surface area contributed by atoms with E-state index < -0.39 is 21.7 Å². The van der Waals surface area contributed by atoms with Crippen LogP contribution in [0, 0.1) is 11.2 Å². The number of nitrogens with one attached hydrogen (secondary N) is 2. The average molecular weight is 297 g/mol. The van der Waals surface area contributed by atoms with Gasteiger partial charge in [-0.25, -0.2) is 12.8 Å². The van der Waals surface area contributed by atoms with Crippen LogP contribution in [0.3, 0.4) is 0 Å². The molecule has 0 amide bonds. The SMILES string of the molecule is Cn1cc(S(=O)(=O)Nc2cccc(F)c2C(=N)N)cn1. The van der Waals surface area contributed by atoms with Gasteiger partial charge in [-0.05, 0) is 12.1 Å². The molecule has 1 aromatic carbocycles. The van der Waals surface area contributed by atoms with E-state index in [-0.39, 0.29) is 16.1 Å². The molecule has 0 bridgehead atoms. The molecule has 0 fully saturated rings. The summed E-state index contributed by atoms with van der Waals surface area (Å²) in [6.07, 6.45) is 2.46. The van der Waals surface area contributed by atoms with Gasteiger partial charge >= 0.3 is 0 Å². The quantitative estimate of drug-likeness (QED) is 0.567. The Hall–Kier alpha value is -2.42. The second kappa shape index (κ2) is 4.93. The molecule has 1 aromatic heterocycles. The third-order valence-electron chi connectivity index (χ3n) is 2.52. The predicted octanol–water partition coefficient (Wildman–Crippen LogP) is 0.644. The molecule has 2 rings (SSSR count).